The molecule has 1 heterocycles. The average molecular weight is 231 g/mol. The summed E-state index contributed by atoms with van der Waals surface area (Å²) in [6.45, 7) is 3.86. The first-order valence-corrected chi connectivity index (χ1v) is 6.05. The summed E-state index contributed by atoms with van der Waals surface area (Å²) in [5.41, 5.74) is 1.87. The minimum Gasteiger partial charge on any atom is -0.309 e. The molecule has 2 rings (SSSR count). The number of para-hydroxylation sites is 1. The fourth-order valence-electron chi connectivity index (χ4n) is 2.54. The predicted octanol–water partition coefficient (Wildman–Crippen LogP) is 2.50. The predicted molar refractivity (Wildman–Crippen MR) is 67.1 cm³/mol. The van der Waals surface area contributed by atoms with Crippen LogP contribution >= 0.6 is 0 Å². The number of carbonyl (C=O) groups is 2. The average Bonchev–Trinajstić information content (AvgIpc) is 2.37. The van der Waals surface area contributed by atoms with Crippen LogP contribution in [0.4, 0.5) is 5.69 Å². The zero-order chi connectivity index (χ0) is 12.4. The highest BCUT2D eigenvalue weighted by Gasteiger charge is 2.32. The Bertz CT molecular complexity index is 442. The van der Waals surface area contributed by atoms with Gasteiger partial charge in [0, 0.05) is 24.1 Å². The SMILES string of the molecule is CCC(=O)N1c2ccccc2[C@H](C=O)C[C@H]1C. The van der Waals surface area contributed by atoms with Crippen LogP contribution in [0.25, 0.3) is 0 Å². The van der Waals surface area contributed by atoms with Gasteiger partial charge >= 0.3 is 0 Å². The second-order valence-electron chi connectivity index (χ2n) is 4.50. The molecule has 0 radical (unpaired) electrons. The third-order valence-electron chi connectivity index (χ3n) is 3.37. The number of anilines is 1. The highest BCUT2D eigenvalue weighted by molar-refractivity contribution is 5.96. The van der Waals surface area contributed by atoms with Gasteiger partial charge in [0.05, 0.1) is 0 Å². The molecule has 0 bridgehead atoms. The summed E-state index contributed by atoms with van der Waals surface area (Å²) in [5.74, 6) is 0.0383. The molecule has 1 aliphatic heterocycles. The minimum atomic E-state index is -0.0814. The normalized spacial score (nSPS) is 23.1. The number of nitrogens with zero attached hydrogens (tertiary/aromatic N) is 1. The van der Waals surface area contributed by atoms with Crippen molar-refractivity contribution in [3.8, 4) is 0 Å². The van der Waals surface area contributed by atoms with Crippen molar-refractivity contribution in [1.29, 1.82) is 0 Å². The molecular weight excluding hydrogens is 214 g/mol. The van der Waals surface area contributed by atoms with Crippen molar-refractivity contribution in [3.63, 3.8) is 0 Å². The molecule has 1 amide bonds. The van der Waals surface area contributed by atoms with Crippen LogP contribution in [0.5, 0.6) is 0 Å². The van der Waals surface area contributed by atoms with Gasteiger partial charge in [-0.15, -0.1) is 0 Å². The number of hydrogen-bond acceptors (Lipinski definition) is 2. The molecule has 0 saturated heterocycles. The van der Waals surface area contributed by atoms with Gasteiger partial charge in [-0.05, 0) is 25.0 Å². The van der Waals surface area contributed by atoms with Crippen LogP contribution in [0.2, 0.25) is 0 Å². The van der Waals surface area contributed by atoms with Crippen LogP contribution in [-0.2, 0) is 9.59 Å². The number of benzene rings is 1. The summed E-state index contributed by atoms with van der Waals surface area (Å²) in [6.07, 6.45) is 2.19. The summed E-state index contributed by atoms with van der Waals surface area (Å²) in [6, 6.07) is 7.78. The molecule has 0 N–H and O–H groups in total. The van der Waals surface area contributed by atoms with E-state index < -0.39 is 0 Å². The number of fused-ring (bicyclic) bond motifs is 1. The Morgan fingerprint density at radius 1 is 1.47 bits per heavy atom. The van der Waals surface area contributed by atoms with E-state index in [9.17, 15) is 9.59 Å². The number of rotatable bonds is 2. The molecule has 0 saturated carbocycles. The molecule has 3 nitrogen and oxygen atoms in total. The van der Waals surface area contributed by atoms with Crippen LogP contribution in [0, 0.1) is 0 Å². The molecule has 0 fully saturated rings. The number of amides is 1. The lowest BCUT2D eigenvalue weighted by Gasteiger charge is -2.37. The summed E-state index contributed by atoms with van der Waals surface area (Å²) < 4.78 is 0. The van der Waals surface area contributed by atoms with Gasteiger partial charge in [-0.3, -0.25) is 4.79 Å². The maximum absolute atomic E-state index is 12.0. The lowest BCUT2D eigenvalue weighted by atomic mass is 9.87. The molecule has 1 aliphatic rings. The molecule has 90 valence electrons. The highest BCUT2D eigenvalue weighted by Crippen LogP contribution is 2.37. The Morgan fingerprint density at radius 2 is 2.18 bits per heavy atom. The van der Waals surface area contributed by atoms with E-state index in [0.717, 1.165) is 17.5 Å². The molecule has 0 aliphatic carbocycles. The van der Waals surface area contributed by atoms with Crippen molar-refractivity contribution in [2.24, 2.45) is 0 Å². The van der Waals surface area contributed by atoms with Crippen molar-refractivity contribution < 1.29 is 9.59 Å². The number of aldehydes is 1. The summed E-state index contributed by atoms with van der Waals surface area (Å²) in [4.78, 5) is 24.9. The molecule has 1 aromatic rings. The van der Waals surface area contributed by atoms with Crippen molar-refractivity contribution in [2.75, 3.05) is 4.90 Å². The van der Waals surface area contributed by atoms with Crippen molar-refractivity contribution in [1.82, 2.24) is 0 Å². The van der Waals surface area contributed by atoms with Crippen molar-refractivity contribution >= 4 is 17.9 Å². The van der Waals surface area contributed by atoms with E-state index in [0.29, 0.717) is 12.8 Å². The topological polar surface area (TPSA) is 37.4 Å². The first-order chi connectivity index (χ1) is 8.19. The van der Waals surface area contributed by atoms with Gasteiger partial charge < -0.3 is 9.69 Å². The standard InChI is InChI=1S/C14H17NO2/c1-3-14(17)15-10(2)8-11(9-16)12-6-4-5-7-13(12)15/h4-7,9-11H,3,8H2,1-2H3/t10-,11+/m1/s1. The third kappa shape index (κ3) is 1.97. The summed E-state index contributed by atoms with van der Waals surface area (Å²) >= 11 is 0. The fourth-order valence-corrected chi connectivity index (χ4v) is 2.54. The molecule has 2 atom stereocenters. The molecular formula is C14H17NO2. The Morgan fingerprint density at radius 3 is 2.82 bits per heavy atom. The molecule has 0 spiro atoms. The summed E-state index contributed by atoms with van der Waals surface area (Å²) in [7, 11) is 0. The first kappa shape index (κ1) is 11.8. The minimum absolute atomic E-state index is 0.0814. The van der Waals surface area contributed by atoms with Crippen molar-refractivity contribution in [3.05, 3.63) is 29.8 Å². The fraction of sp³-hybridized carbons (Fsp3) is 0.429. The van der Waals surface area contributed by atoms with Crippen LogP contribution in [0.15, 0.2) is 24.3 Å². The maximum Gasteiger partial charge on any atom is 0.226 e. The second-order valence-corrected chi connectivity index (χ2v) is 4.50. The molecule has 0 unspecified atom stereocenters. The van der Waals surface area contributed by atoms with E-state index in [1.165, 1.54) is 0 Å². The quantitative estimate of drug-likeness (QED) is 0.733. The Kier molecular flexibility index (Phi) is 3.27. The van der Waals surface area contributed by atoms with Gasteiger partial charge in [0.15, 0.2) is 0 Å². The molecule has 1 aromatic carbocycles. The zero-order valence-electron chi connectivity index (χ0n) is 10.2. The van der Waals surface area contributed by atoms with Crippen LogP contribution in [0.1, 0.15) is 38.2 Å². The van der Waals surface area contributed by atoms with Gasteiger partial charge in [-0.25, -0.2) is 0 Å². The van der Waals surface area contributed by atoms with E-state index in [2.05, 4.69) is 0 Å². The lowest BCUT2D eigenvalue weighted by molar-refractivity contribution is -0.119. The maximum atomic E-state index is 12.0. The molecule has 0 aromatic heterocycles. The zero-order valence-corrected chi connectivity index (χ0v) is 10.2. The van der Waals surface area contributed by atoms with Crippen LogP contribution < -0.4 is 4.90 Å². The highest BCUT2D eigenvalue weighted by atomic mass is 16.2. The Hall–Kier alpha value is -1.64. The van der Waals surface area contributed by atoms with E-state index in [1.54, 1.807) is 0 Å². The van der Waals surface area contributed by atoms with Crippen molar-refractivity contribution in [2.45, 2.75) is 38.6 Å². The Labute approximate surface area is 101 Å². The van der Waals surface area contributed by atoms with E-state index in [-0.39, 0.29) is 17.9 Å². The smallest absolute Gasteiger partial charge is 0.226 e. The number of hydrogen-bond donors (Lipinski definition) is 0. The lowest BCUT2D eigenvalue weighted by Crippen LogP contribution is -2.43. The number of carbonyl (C=O) groups excluding carboxylic acids is 2. The largest absolute Gasteiger partial charge is 0.309 e. The Balaban J connectivity index is 2.49. The second kappa shape index (κ2) is 4.70. The molecule has 3 heteroatoms. The molecule has 17 heavy (non-hydrogen) atoms. The summed E-state index contributed by atoms with van der Waals surface area (Å²) in [5, 5.41) is 0. The van der Waals surface area contributed by atoms with Gasteiger partial charge in [0.2, 0.25) is 5.91 Å². The van der Waals surface area contributed by atoms with Gasteiger partial charge in [-0.2, -0.15) is 0 Å². The first-order valence-electron chi connectivity index (χ1n) is 6.05. The van der Waals surface area contributed by atoms with Gasteiger partial charge in [-0.1, -0.05) is 25.1 Å². The monoisotopic (exact) mass is 231 g/mol. The van der Waals surface area contributed by atoms with E-state index >= 15 is 0 Å². The third-order valence-corrected chi connectivity index (χ3v) is 3.37. The van der Waals surface area contributed by atoms with Crippen LogP contribution in [-0.4, -0.2) is 18.2 Å². The van der Waals surface area contributed by atoms with E-state index in [1.807, 2.05) is 43.0 Å². The van der Waals surface area contributed by atoms with Gasteiger partial charge in [0.25, 0.3) is 0 Å². The van der Waals surface area contributed by atoms with Crippen LogP contribution in [0.3, 0.4) is 0 Å². The van der Waals surface area contributed by atoms with Gasteiger partial charge in [0.1, 0.15) is 6.29 Å². The van der Waals surface area contributed by atoms with E-state index in [4.69, 9.17) is 0 Å².